The summed E-state index contributed by atoms with van der Waals surface area (Å²) >= 11 is 0. The second kappa shape index (κ2) is 10.2. The average molecular weight is 422 g/mol. The van der Waals surface area contributed by atoms with Crippen molar-refractivity contribution in [3.05, 3.63) is 89.7 Å². The van der Waals surface area contributed by atoms with Gasteiger partial charge in [0.15, 0.2) is 0 Å². The third kappa shape index (κ3) is 6.55. The molecule has 0 spiro atoms. The van der Waals surface area contributed by atoms with Crippen LogP contribution < -0.4 is 21.3 Å². The van der Waals surface area contributed by atoms with Crippen molar-refractivity contribution in [2.45, 2.75) is 13.0 Å². The zero-order chi connectivity index (χ0) is 22.2. The van der Waals surface area contributed by atoms with Gasteiger partial charge in [-0.1, -0.05) is 36.4 Å². The molecule has 4 amide bonds. The van der Waals surface area contributed by atoms with Gasteiger partial charge < -0.3 is 26.4 Å². The van der Waals surface area contributed by atoms with Crippen molar-refractivity contribution in [3.63, 3.8) is 0 Å². The normalized spacial score (nSPS) is 11.3. The molecule has 3 aromatic carbocycles. The lowest BCUT2D eigenvalue weighted by atomic mass is 10.1. The maximum atomic E-state index is 13.3. The van der Waals surface area contributed by atoms with E-state index < -0.39 is 24.0 Å². The Morgan fingerprint density at radius 2 is 1.61 bits per heavy atom. The van der Waals surface area contributed by atoms with Crippen LogP contribution in [0.4, 0.5) is 31.0 Å². The van der Waals surface area contributed by atoms with E-state index in [-0.39, 0.29) is 6.54 Å². The molecular weight excluding hydrogens is 399 g/mol. The molecule has 1 unspecified atom stereocenters. The summed E-state index contributed by atoms with van der Waals surface area (Å²) in [5, 5.41) is 20.8. The molecule has 0 radical (unpaired) electrons. The summed E-state index contributed by atoms with van der Waals surface area (Å²) in [7, 11) is 0. The van der Waals surface area contributed by atoms with Crippen LogP contribution in [0.15, 0.2) is 72.8 Å². The highest BCUT2D eigenvalue weighted by atomic mass is 19.1. The number of nitrogens with one attached hydrogen (secondary N) is 4. The highest BCUT2D eigenvalue weighted by molar-refractivity contribution is 6.00. The largest absolute Gasteiger partial charge is 0.387 e. The zero-order valence-corrected chi connectivity index (χ0v) is 16.9. The quantitative estimate of drug-likeness (QED) is 0.400. The lowest BCUT2D eigenvalue weighted by Crippen LogP contribution is -2.32. The van der Waals surface area contributed by atoms with Crippen LogP contribution in [0.25, 0.3) is 0 Å². The summed E-state index contributed by atoms with van der Waals surface area (Å²) in [6.07, 6.45) is -1.04. The van der Waals surface area contributed by atoms with Crippen LogP contribution in [0.5, 0.6) is 0 Å². The van der Waals surface area contributed by atoms with Gasteiger partial charge in [0, 0.05) is 23.6 Å². The second-order valence-electron chi connectivity index (χ2n) is 6.88. The van der Waals surface area contributed by atoms with E-state index in [4.69, 9.17) is 0 Å². The van der Waals surface area contributed by atoms with Gasteiger partial charge in [0.1, 0.15) is 5.82 Å². The van der Waals surface area contributed by atoms with Crippen molar-refractivity contribution in [1.82, 2.24) is 5.32 Å². The molecular formula is C23H23FN4O3. The maximum Gasteiger partial charge on any atom is 0.323 e. The minimum atomic E-state index is -1.04. The van der Waals surface area contributed by atoms with E-state index in [0.29, 0.717) is 22.6 Å². The van der Waals surface area contributed by atoms with Crippen LogP contribution >= 0.6 is 0 Å². The molecule has 7 nitrogen and oxygen atoms in total. The van der Waals surface area contributed by atoms with Crippen LogP contribution in [0.1, 0.15) is 17.2 Å². The number of anilines is 3. The number of amides is 4. The summed E-state index contributed by atoms with van der Waals surface area (Å²) in [6.45, 7) is 1.72. The molecule has 5 N–H and O–H groups in total. The molecule has 0 aliphatic carbocycles. The number of rotatable bonds is 6. The fourth-order valence-electron chi connectivity index (χ4n) is 2.84. The van der Waals surface area contributed by atoms with E-state index in [2.05, 4.69) is 21.3 Å². The number of carbonyl (C=O) groups excluding carboxylic acids is 2. The molecule has 31 heavy (non-hydrogen) atoms. The number of aliphatic hydroxyl groups excluding tert-OH is 1. The summed E-state index contributed by atoms with van der Waals surface area (Å²) in [5.74, 6) is -0.461. The topological polar surface area (TPSA) is 102 Å². The molecule has 1 atom stereocenters. The molecule has 0 aliphatic rings. The van der Waals surface area contributed by atoms with Gasteiger partial charge >= 0.3 is 12.1 Å². The van der Waals surface area contributed by atoms with Gasteiger partial charge in [0.2, 0.25) is 0 Å². The van der Waals surface area contributed by atoms with Crippen LogP contribution in [0.3, 0.4) is 0 Å². The molecule has 0 aliphatic heterocycles. The number of urea groups is 2. The molecule has 0 saturated carbocycles. The Balaban J connectivity index is 1.55. The number of benzene rings is 3. The zero-order valence-electron chi connectivity index (χ0n) is 16.9. The van der Waals surface area contributed by atoms with E-state index in [1.165, 1.54) is 18.2 Å². The molecule has 0 saturated heterocycles. The number of hydrogen-bond acceptors (Lipinski definition) is 3. The van der Waals surface area contributed by atoms with Crippen LogP contribution in [-0.4, -0.2) is 23.7 Å². The highest BCUT2D eigenvalue weighted by Crippen LogP contribution is 2.21. The van der Waals surface area contributed by atoms with Gasteiger partial charge in [-0.25, -0.2) is 14.0 Å². The SMILES string of the molecule is Cc1ccc(NC(=O)Nc2ccccc2)cc1NC(=O)NCC(O)c1cccc(F)c1. The number of aliphatic hydroxyl groups is 1. The molecule has 160 valence electrons. The fourth-order valence-corrected chi connectivity index (χ4v) is 2.84. The maximum absolute atomic E-state index is 13.3. The number of aryl methyl sites for hydroxylation is 1. The first-order valence-electron chi connectivity index (χ1n) is 9.63. The minimum Gasteiger partial charge on any atom is -0.387 e. The van der Waals surface area contributed by atoms with Gasteiger partial charge in [-0.2, -0.15) is 0 Å². The van der Waals surface area contributed by atoms with Crippen molar-refractivity contribution in [3.8, 4) is 0 Å². The highest BCUT2D eigenvalue weighted by Gasteiger charge is 2.12. The minimum absolute atomic E-state index is 0.0915. The standard InChI is InChI=1S/C23H23FN4O3/c1-15-10-11-19(27-23(31)26-18-8-3-2-4-9-18)13-20(15)28-22(30)25-14-21(29)16-6-5-7-17(24)12-16/h2-13,21,29H,14H2,1H3,(H2,25,28,30)(H2,26,27,31). The van der Waals surface area contributed by atoms with Crippen molar-refractivity contribution < 1.29 is 19.1 Å². The van der Waals surface area contributed by atoms with E-state index in [9.17, 15) is 19.1 Å². The molecule has 0 fully saturated rings. The van der Waals surface area contributed by atoms with Gasteiger partial charge in [0.05, 0.1) is 6.10 Å². The van der Waals surface area contributed by atoms with Gasteiger partial charge in [0.25, 0.3) is 0 Å². The van der Waals surface area contributed by atoms with Crippen molar-refractivity contribution >= 4 is 29.1 Å². The Labute approximate surface area is 179 Å². The van der Waals surface area contributed by atoms with Gasteiger partial charge in [-0.15, -0.1) is 0 Å². The van der Waals surface area contributed by atoms with Crippen molar-refractivity contribution in [2.75, 3.05) is 22.5 Å². The Hall–Kier alpha value is -3.91. The lowest BCUT2D eigenvalue weighted by Gasteiger charge is -2.15. The third-order valence-corrected chi connectivity index (χ3v) is 4.46. The van der Waals surface area contributed by atoms with Crippen LogP contribution in [0, 0.1) is 12.7 Å². The molecule has 8 heteroatoms. The van der Waals surface area contributed by atoms with E-state index in [0.717, 1.165) is 5.56 Å². The number of hydrogen-bond donors (Lipinski definition) is 5. The van der Waals surface area contributed by atoms with Crippen molar-refractivity contribution in [2.24, 2.45) is 0 Å². The summed E-state index contributed by atoms with van der Waals surface area (Å²) in [4.78, 5) is 24.4. The first-order valence-corrected chi connectivity index (χ1v) is 9.63. The average Bonchev–Trinajstić information content (AvgIpc) is 2.75. The predicted molar refractivity (Wildman–Crippen MR) is 119 cm³/mol. The number of carbonyl (C=O) groups is 2. The molecule has 0 aromatic heterocycles. The fraction of sp³-hybridized carbons (Fsp3) is 0.130. The van der Waals surface area contributed by atoms with Gasteiger partial charge in [-0.3, -0.25) is 0 Å². The van der Waals surface area contributed by atoms with Crippen molar-refractivity contribution in [1.29, 1.82) is 0 Å². The Morgan fingerprint density at radius 1 is 0.871 bits per heavy atom. The van der Waals surface area contributed by atoms with Gasteiger partial charge in [-0.05, 0) is 54.4 Å². The first kappa shape index (κ1) is 21.8. The van der Waals surface area contributed by atoms with Crippen LogP contribution in [0.2, 0.25) is 0 Å². The summed E-state index contributed by atoms with van der Waals surface area (Å²) < 4.78 is 13.3. The third-order valence-electron chi connectivity index (χ3n) is 4.46. The molecule has 3 rings (SSSR count). The summed E-state index contributed by atoms with van der Waals surface area (Å²) in [5.41, 5.74) is 2.80. The molecule has 0 bridgehead atoms. The lowest BCUT2D eigenvalue weighted by molar-refractivity contribution is 0.174. The molecule has 3 aromatic rings. The Bertz CT molecular complexity index is 1060. The molecule has 0 heterocycles. The van der Waals surface area contributed by atoms with Crippen LogP contribution in [-0.2, 0) is 0 Å². The van der Waals surface area contributed by atoms with E-state index in [1.54, 1.807) is 36.4 Å². The predicted octanol–water partition coefficient (Wildman–Crippen LogP) is 4.63. The number of para-hydroxylation sites is 1. The number of halogens is 1. The second-order valence-corrected chi connectivity index (χ2v) is 6.88. The van der Waals surface area contributed by atoms with E-state index >= 15 is 0 Å². The monoisotopic (exact) mass is 422 g/mol. The van der Waals surface area contributed by atoms with E-state index in [1.807, 2.05) is 25.1 Å². The smallest absolute Gasteiger partial charge is 0.323 e. The summed E-state index contributed by atoms with van der Waals surface area (Å²) in [6, 6.07) is 18.7. The Kier molecular flexibility index (Phi) is 7.18. The Morgan fingerprint density at radius 3 is 2.35 bits per heavy atom. The first-order chi connectivity index (χ1) is 14.9.